The van der Waals surface area contributed by atoms with Crippen molar-refractivity contribution in [3.8, 4) is 0 Å². The smallest absolute Gasteiger partial charge is 0.0994 e. The predicted molar refractivity (Wildman–Crippen MR) is 88.7 cm³/mol. The Morgan fingerprint density at radius 2 is 1.86 bits per heavy atom. The maximum absolute atomic E-state index is 6.27. The van der Waals surface area contributed by atoms with Gasteiger partial charge in [-0.15, -0.1) is 0 Å². The highest BCUT2D eigenvalue weighted by Gasteiger charge is 2.21. The van der Waals surface area contributed by atoms with E-state index in [2.05, 4.69) is 0 Å². The summed E-state index contributed by atoms with van der Waals surface area (Å²) in [7, 11) is 0. The maximum atomic E-state index is 6.27. The minimum atomic E-state index is -0.234. The average molecular weight is 324 g/mol. The number of ether oxygens (including phenoxy) is 1. The fraction of sp³-hybridized carbons (Fsp3) is 0.294. The Bertz CT molecular complexity index is 589. The SMILES string of the molecule is CCC(N)C(OCc1cccc(Cl)c1)c1ccccc1Cl. The molecule has 0 fully saturated rings. The van der Waals surface area contributed by atoms with E-state index in [4.69, 9.17) is 33.7 Å². The van der Waals surface area contributed by atoms with Crippen molar-refractivity contribution in [3.63, 3.8) is 0 Å². The van der Waals surface area contributed by atoms with Gasteiger partial charge in [0.1, 0.15) is 0 Å². The molecule has 2 rings (SSSR count). The van der Waals surface area contributed by atoms with E-state index in [1.54, 1.807) is 0 Å². The van der Waals surface area contributed by atoms with Crippen molar-refractivity contribution in [3.05, 3.63) is 69.7 Å². The monoisotopic (exact) mass is 323 g/mol. The van der Waals surface area contributed by atoms with Gasteiger partial charge in [0.15, 0.2) is 0 Å². The van der Waals surface area contributed by atoms with E-state index in [9.17, 15) is 0 Å². The molecular weight excluding hydrogens is 305 g/mol. The number of benzene rings is 2. The summed E-state index contributed by atoms with van der Waals surface area (Å²) < 4.78 is 6.03. The molecule has 0 radical (unpaired) electrons. The number of hydrogen-bond acceptors (Lipinski definition) is 2. The van der Waals surface area contributed by atoms with Gasteiger partial charge in [-0.1, -0.05) is 60.5 Å². The first kappa shape index (κ1) is 16.3. The standard InChI is InChI=1S/C17H19Cl2NO/c1-2-16(20)17(14-8-3-4-9-15(14)19)21-11-12-6-5-7-13(18)10-12/h3-10,16-17H,2,11,20H2,1H3. The van der Waals surface area contributed by atoms with Crippen LogP contribution in [0.5, 0.6) is 0 Å². The van der Waals surface area contributed by atoms with Gasteiger partial charge in [-0.2, -0.15) is 0 Å². The quantitative estimate of drug-likeness (QED) is 0.812. The van der Waals surface area contributed by atoms with Crippen LogP contribution in [0.3, 0.4) is 0 Å². The number of nitrogens with two attached hydrogens (primary N) is 1. The van der Waals surface area contributed by atoms with Crippen molar-refractivity contribution in [2.45, 2.75) is 32.1 Å². The molecule has 2 unspecified atom stereocenters. The van der Waals surface area contributed by atoms with Crippen LogP contribution in [0.2, 0.25) is 10.0 Å². The predicted octanol–water partition coefficient (Wildman–Crippen LogP) is 4.99. The molecule has 2 aromatic carbocycles. The van der Waals surface area contributed by atoms with Gasteiger partial charge in [0.2, 0.25) is 0 Å². The lowest BCUT2D eigenvalue weighted by molar-refractivity contribution is 0.0213. The summed E-state index contributed by atoms with van der Waals surface area (Å²) in [6.45, 7) is 2.49. The Kier molecular flexibility index (Phi) is 6.07. The van der Waals surface area contributed by atoms with Gasteiger partial charge in [0, 0.05) is 21.7 Å². The van der Waals surface area contributed by atoms with Gasteiger partial charge in [0.25, 0.3) is 0 Å². The van der Waals surface area contributed by atoms with Gasteiger partial charge >= 0.3 is 0 Å². The van der Waals surface area contributed by atoms with Crippen molar-refractivity contribution in [2.24, 2.45) is 5.73 Å². The molecule has 2 atom stereocenters. The topological polar surface area (TPSA) is 35.2 Å². The lowest BCUT2D eigenvalue weighted by Gasteiger charge is -2.25. The lowest BCUT2D eigenvalue weighted by Crippen LogP contribution is -2.29. The van der Waals surface area contributed by atoms with Crippen molar-refractivity contribution >= 4 is 23.2 Å². The zero-order valence-electron chi connectivity index (χ0n) is 11.9. The summed E-state index contributed by atoms with van der Waals surface area (Å²) in [5.74, 6) is 0. The van der Waals surface area contributed by atoms with Crippen LogP contribution in [0.1, 0.15) is 30.6 Å². The molecule has 2 nitrogen and oxygen atoms in total. The van der Waals surface area contributed by atoms with Crippen LogP contribution in [-0.2, 0) is 11.3 Å². The Morgan fingerprint density at radius 1 is 1.10 bits per heavy atom. The molecule has 112 valence electrons. The summed E-state index contributed by atoms with van der Waals surface area (Å²) in [5.41, 5.74) is 8.15. The second kappa shape index (κ2) is 7.81. The van der Waals surface area contributed by atoms with Crippen molar-refractivity contribution < 1.29 is 4.74 Å². The van der Waals surface area contributed by atoms with Crippen LogP contribution in [0.15, 0.2) is 48.5 Å². The molecule has 4 heteroatoms. The second-order valence-electron chi connectivity index (χ2n) is 4.96. The summed E-state index contributed by atoms with van der Waals surface area (Å²) in [6, 6.07) is 15.2. The molecule has 0 spiro atoms. The summed E-state index contributed by atoms with van der Waals surface area (Å²) in [5, 5.41) is 1.38. The number of halogens is 2. The van der Waals surface area contributed by atoms with Gasteiger partial charge in [0.05, 0.1) is 12.7 Å². The third-order valence-corrected chi connectivity index (χ3v) is 3.97. The third kappa shape index (κ3) is 4.45. The van der Waals surface area contributed by atoms with Gasteiger partial charge in [-0.3, -0.25) is 0 Å². The first-order valence-corrected chi connectivity index (χ1v) is 7.73. The van der Waals surface area contributed by atoms with E-state index in [-0.39, 0.29) is 12.1 Å². The summed E-state index contributed by atoms with van der Waals surface area (Å²) >= 11 is 12.3. The molecule has 0 aliphatic carbocycles. The molecule has 0 saturated carbocycles. The largest absolute Gasteiger partial charge is 0.367 e. The van der Waals surface area contributed by atoms with Crippen LogP contribution < -0.4 is 5.73 Å². The van der Waals surface area contributed by atoms with Gasteiger partial charge in [-0.25, -0.2) is 0 Å². The minimum absolute atomic E-state index is 0.107. The fourth-order valence-corrected chi connectivity index (χ4v) is 2.63. The van der Waals surface area contributed by atoms with Gasteiger partial charge in [-0.05, 0) is 30.2 Å². The zero-order valence-corrected chi connectivity index (χ0v) is 13.4. The molecule has 2 N–H and O–H groups in total. The van der Waals surface area contributed by atoms with Crippen molar-refractivity contribution in [1.29, 1.82) is 0 Å². The molecular formula is C17H19Cl2NO. The Morgan fingerprint density at radius 3 is 2.52 bits per heavy atom. The van der Waals surface area contributed by atoms with Crippen LogP contribution in [0.4, 0.5) is 0 Å². The molecule has 0 aliphatic rings. The Balaban J connectivity index is 2.16. The molecule has 21 heavy (non-hydrogen) atoms. The van der Waals surface area contributed by atoms with Crippen LogP contribution in [0.25, 0.3) is 0 Å². The zero-order chi connectivity index (χ0) is 15.2. The van der Waals surface area contributed by atoms with E-state index < -0.39 is 0 Å². The average Bonchev–Trinajstić information content (AvgIpc) is 2.49. The van der Waals surface area contributed by atoms with Crippen LogP contribution in [0, 0.1) is 0 Å². The minimum Gasteiger partial charge on any atom is -0.367 e. The summed E-state index contributed by atoms with van der Waals surface area (Å²) in [6.07, 6.45) is 0.577. The highest BCUT2D eigenvalue weighted by atomic mass is 35.5. The lowest BCUT2D eigenvalue weighted by atomic mass is 10.0. The first-order chi connectivity index (χ1) is 10.1. The van der Waals surface area contributed by atoms with E-state index in [0.717, 1.165) is 17.5 Å². The van der Waals surface area contributed by atoms with Gasteiger partial charge < -0.3 is 10.5 Å². The van der Waals surface area contributed by atoms with Crippen molar-refractivity contribution in [1.82, 2.24) is 0 Å². The molecule has 0 heterocycles. The van der Waals surface area contributed by atoms with E-state index in [1.807, 2.05) is 55.5 Å². The second-order valence-corrected chi connectivity index (χ2v) is 5.80. The van der Waals surface area contributed by atoms with Crippen molar-refractivity contribution in [2.75, 3.05) is 0 Å². The molecule has 2 aromatic rings. The van der Waals surface area contributed by atoms with Crippen LogP contribution in [-0.4, -0.2) is 6.04 Å². The van der Waals surface area contributed by atoms with E-state index in [0.29, 0.717) is 16.7 Å². The van der Waals surface area contributed by atoms with Crippen LogP contribution >= 0.6 is 23.2 Å². The highest BCUT2D eigenvalue weighted by molar-refractivity contribution is 6.31. The highest BCUT2D eigenvalue weighted by Crippen LogP contribution is 2.29. The van der Waals surface area contributed by atoms with E-state index in [1.165, 1.54) is 0 Å². The molecule has 0 aliphatic heterocycles. The third-order valence-electron chi connectivity index (χ3n) is 3.39. The maximum Gasteiger partial charge on any atom is 0.0994 e. The Labute approximate surface area is 135 Å². The molecule has 0 aromatic heterocycles. The number of rotatable bonds is 6. The Hall–Kier alpha value is -1.06. The fourth-order valence-electron chi connectivity index (χ4n) is 2.18. The molecule has 0 amide bonds. The number of hydrogen-bond donors (Lipinski definition) is 1. The first-order valence-electron chi connectivity index (χ1n) is 6.98. The van der Waals surface area contributed by atoms with E-state index >= 15 is 0 Å². The molecule has 0 saturated heterocycles. The summed E-state index contributed by atoms with van der Waals surface area (Å²) in [4.78, 5) is 0. The molecule has 0 bridgehead atoms. The normalized spacial score (nSPS) is 13.9.